The molecular formula is C60H56BrIN4Si2. The molecule has 68 heavy (non-hydrogen) atoms. The average Bonchev–Trinajstić information content (AvgIpc) is 4.16. The lowest BCUT2D eigenvalue weighted by Gasteiger charge is -2.38. The van der Waals surface area contributed by atoms with Gasteiger partial charge in [-0.15, -0.1) is 11.1 Å². The molecule has 9 rings (SSSR count). The Bertz CT molecular complexity index is 3350. The van der Waals surface area contributed by atoms with E-state index >= 15 is 0 Å². The Labute approximate surface area is 426 Å². The van der Waals surface area contributed by atoms with Crippen molar-refractivity contribution in [3.63, 3.8) is 0 Å². The Kier molecular flexibility index (Phi) is 13.4. The van der Waals surface area contributed by atoms with Gasteiger partial charge in [-0.1, -0.05) is 137 Å². The van der Waals surface area contributed by atoms with Crippen LogP contribution in [-0.4, -0.2) is 36.1 Å². The largest absolute Gasteiger partial charge is 0.354 e. The molecule has 0 unspecified atom stereocenters. The highest BCUT2D eigenvalue weighted by molar-refractivity contribution is 14.1. The minimum Gasteiger partial charge on any atom is -0.354 e. The summed E-state index contributed by atoms with van der Waals surface area (Å²) in [5.41, 5.74) is 26.9. The van der Waals surface area contributed by atoms with Gasteiger partial charge in [0.05, 0.1) is 22.8 Å². The van der Waals surface area contributed by atoms with E-state index in [1.165, 1.54) is 3.57 Å². The van der Waals surface area contributed by atoms with Crippen LogP contribution in [0.5, 0.6) is 0 Å². The first-order valence-electron chi connectivity index (χ1n) is 23.5. The van der Waals surface area contributed by atoms with Gasteiger partial charge in [0.25, 0.3) is 0 Å². The molecule has 4 nitrogen and oxygen atoms in total. The van der Waals surface area contributed by atoms with Gasteiger partial charge in [0.1, 0.15) is 16.1 Å². The van der Waals surface area contributed by atoms with Gasteiger partial charge >= 0.3 is 0 Å². The number of hydrogen-bond acceptors (Lipinski definition) is 2. The zero-order valence-electron chi connectivity index (χ0n) is 40.2. The normalized spacial score (nSPS) is 12.4. The Morgan fingerprint density at radius 3 is 1.07 bits per heavy atom. The number of aromatic amines is 2. The molecular weight excluding hydrogens is 1040 g/mol. The van der Waals surface area contributed by atoms with Crippen molar-refractivity contribution < 1.29 is 0 Å². The first-order chi connectivity index (χ1) is 32.6. The molecule has 3 aromatic heterocycles. The Balaban J connectivity index is 1.34. The van der Waals surface area contributed by atoms with E-state index in [2.05, 4.69) is 278 Å². The molecule has 2 N–H and O–H groups in total. The van der Waals surface area contributed by atoms with Gasteiger partial charge < -0.3 is 9.97 Å². The van der Waals surface area contributed by atoms with Crippen LogP contribution in [0.2, 0.25) is 36.3 Å². The summed E-state index contributed by atoms with van der Waals surface area (Å²) >= 11 is 6.06. The molecule has 0 aliphatic carbocycles. The van der Waals surface area contributed by atoms with E-state index in [1.54, 1.807) is 0 Å². The minimum atomic E-state index is -1.91. The van der Waals surface area contributed by atoms with Gasteiger partial charge in [-0.2, -0.15) is 0 Å². The molecule has 0 fully saturated rings. The van der Waals surface area contributed by atoms with Crippen LogP contribution in [-0.2, 0) is 0 Å². The van der Waals surface area contributed by atoms with E-state index in [9.17, 15) is 0 Å². The van der Waals surface area contributed by atoms with Crippen LogP contribution in [0.15, 0.2) is 126 Å². The lowest BCUT2D eigenvalue weighted by molar-refractivity contribution is 0.838. The third-order valence-electron chi connectivity index (χ3n) is 13.2. The van der Waals surface area contributed by atoms with Gasteiger partial charge in [0.2, 0.25) is 0 Å². The Morgan fingerprint density at radius 2 is 0.750 bits per heavy atom. The first-order valence-corrected chi connectivity index (χ1v) is 31.1. The van der Waals surface area contributed by atoms with Crippen molar-refractivity contribution in [3.05, 3.63) is 163 Å². The number of nitrogens with zero attached hydrogens (tertiary/aromatic N) is 2. The highest BCUT2D eigenvalue weighted by Gasteiger charge is 2.41. The standard InChI is InChI=1S/C60H56BrIN4Si2/c1-38(2)68(39(3)4,40(5)6)37-35-42-12-16-44(17-13-42)58-50-27-31-54(64-50)59(45-18-22-47(61)23-19-45)53-30-26-49(63-53)57(43-14-10-41(11-15-43)34-36-67(7,8)9)51-28-32-55(65-51)60(56-33-29-52(58)66-56)46-20-24-48(62)25-21-46/h10-33,38-40,63,66H,1-9H3. The maximum absolute atomic E-state index is 5.53. The molecule has 7 aromatic rings. The van der Waals surface area contributed by atoms with Crippen molar-refractivity contribution >= 4 is 101 Å². The van der Waals surface area contributed by atoms with Gasteiger partial charge in [-0.05, 0) is 159 Å². The number of halogens is 2. The van der Waals surface area contributed by atoms with Crippen molar-refractivity contribution in [1.29, 1.82) is 0 Å². The lowest BCUT2D eigenvalue weighted by atomic mass is 10.0. The van der Waals surface area contributed by atoms with Crippen LogP contribution in [0.3, 0.4) is 0 Å². The summed E-state index contributed by atoms with van der Waals surface area (Å²) in [6.07, 6.45) is 8.62. The SMILES string of the molecule is CC(C)[Si](C#Cc1ccc(-c2c3nc(c(-c4ccc(Br)cc4)c4ccc([nH]4)c(-c4ccc(C#C[Si](C)(C)C)cc4)c4nc(c(-c5ccc(I)cc5)c5ccc2[nH]5)C=C4)C=C3)cc1)(C(C)C)C(C)C. The molecule has 338 valence electrons. The molecule has 8 heteroatoms. The highest BCUT2D eigenvalue weighted by Crippen LogP contribution is 2.42. The summed E-state index contributed by atoms with van der Waals surface area (Å²) in [7, 11) is -3.46. The van der Waals surface area contributed by atoms with Gasteiger partial charge in [0.15, 0.2) is 0 Å². The monoisotopic (exact) mass is 1090 g/mol. The number of fused-ring (bicyclic) bond motifs is 8. The predicted octanol–water partition coefficient (Wildman–Crippen LogP) is 17.5. The Morgan fingerprint density at radius 1 is 0.441 bits per heavy atom. The topological polar surface area (TPSA) is 57.4 Å². The van der Waals surface area contributed by atoms with E-state index in [1.807, 2.05) is 0 Å². The third-order valence-corrected chi connectivity index (χ3v) is 21.7. The van der Waals surface area contributed by atoms with Crippen LogP contribution in [0.1, 0.15) is 75.4 Å². The molecule has 8 bridgehead atoms. The smallest absolute Gasteiger partial charge is 0.146 e. The van der Waals surface area contributed by atoms with Crippen molar-refractivity contribution in [2.24, 2.45) is 0 Å². The third kappa shape index (κ3) is 9.62. The number of hydrogen-bond donors (Lipinski definition) is 2. The number of rotatable bonds is 7. The summed E-state index contributed by atoms with van der Waals surface area (Å²) in [5.74, 6) is 7.12. The van der Waals surface area contributed by atoms with Crippen LogP contribution in [0, 0.1) is 26.5 Å². The zero-order valence-corrected chi connectivity index (χ0v) is 46.0. The minimum absolute atomic E-state index is 0.563. The fourth-order valence-corrected chi connectivity index (χ4v) is 16.3. The molecule has 0 radical (unpaired) electrons. The molecule has 0 atom stereocenters. The van der Waals surface area contributed by atoms with Crippen LogP contribution in [0.4, 0.5) is 0 Å². The molecule has 2 aliphatic rings. The molecule has 0 saturated carbocycles. The van der Waals surface area contributed by atoms with E-state index in [4.69, 9.17) is 9.97 Å². The second-order valence-electron chi connectivity index (χ2n) is 19.8. The van der Waals surface area contributed by atoms with Crippen LogP contribution < -0.4 is 0 Å². The fraction of sp³-hybridized carbons (Fsp3) is 0.200. The molecule has 2 aliphatic heterocycles. The van der Waals surface area contributed by atoms with E-state index in [0.29, 0.717) is 16.6 Å². The Hall–Kier alpha value is -5.76. The van der Waals surface area contributed by atoms with Gasteiger partial charge in [-0.3, -0.25) is 0 Å². The predicted molar refractivity (Wildman–Crippen MR) is 309 cm³/mol. The molecule has 5 heterocycles. The lowest BCUT2D eigenvalue weighted by Crippen LogP contribution is -2.43. The number of benzene rings is 4. The maximum Gasteiger partial charge on any atom is 0.146 e. The molecule has 0 spiro atoms. The summed E-state index contributed by atoms with van der Waals surface area (Å²) in [4.78, 5) is 18.8. The summed E-state index contributed by atoms with van der Waals surface area (Å²) in [6.45, 7) is 21.0. The second kappa shape index (κ2) is 19.3. The van der Waals surface area contributed by atoms with E-state index in [0.717, 1.165) is 105 Å². The molecule has 0 amide bonds. The van der Waals surface area contributed by atoms with Gasteiger partial charge in [0, 0.05) is 63.5 Å². The summed E-state index contributed by atoms with van der Waals surface area (Å²) < 4.78 is 2.19. The number of nitrogens with one attached hydrogen (secondary N) is 2. The van der Waals surface area contributed by atoms with E-state index < -0.39 is 16.1 Å². The van der Waals surface area contributed by atoms with Crippen LogP contribution >= 0.6 is 38.5 Å². The summed E-state index contributed by atoms with van der Waals surface area (Å²) in [6, 6.07) is 43.3. The van der Waals surface area contributed by atoms with E-state index in [-0.39, 0.29) is 0 Å². The quantitative estimate of drug-likeness (QED) is 0.0949. The van der Waals surface area contributed by atoms with Crippen molar-refractivity contribution in [1.82, 2.24) is 19.9 Å². The van der Waals surface area contributed by atoms with Crippen molar-refractivity contribution in [3.8, 4) is 67.4 Å². The highest BCUT2D eigenvalue weighted by atomic mass is 127. The number of H-pyrrole nitrogens is 2. The van der Waals surface area contributed by atoms with Crippen LogP contribution in [0.25, 0.3) is 90.9 Å². The fourth-order valence-electron chi connectivity index (χ4n) is 9.97. The van der Waals surface area contributed by atoms with Crippen molar-refractivity contribution in [2.45, 2.75) is 77.8 Å². The van der Waals surface area contributed by atoms with Gasteiger partial charge in [-0.25, -0.2) is 9.97 Å². The number of aromatic nitrogens is 4. The zero-order chi connectivity index (χ0) is 47.9. The van der Waals surface area contributed by atoms with Crippen molar-refractivity contribution in [2.75, 3.05) is 0 Å². The maximum atomic E-state index is 5.53. The second-order valence-corrected chi connectivity index (χ2v) is 32.3. The molecule has 0 saturated heterocycles. The molecule has 4 aromatic carbocycles. The first kappa shape index (κ1) is 47.3. The summed E-state index contributed by atoms with van der Waals surface area (Å²) in [5, 5.41) is 0. The average molecular weight is 1100 g/mol.